The first-order valence-corrected chi connectivity index (χ1v) is 10.3. The second kappa shape index (κ2) is 7.82. The predicted molar refractivity (Wildman–Crippen MR) is 121 cm³/mol. The van der Waals surface area contributed by atoms with Crippen LogP contribution in [0.5, 0.6) is 0 Å². The van der Waals surface area contributed by atoms with E-state index in [2.05, 4.69) is 0 Å². The minimum Gasteiger partial charge on any atom is -0.294 e. The highest BCUT2D eigenvalue weighted by Crippen LogP contribution is 2.37. The van der Waals surface area contributed by atoms with Gasteiger partial charge in [-0.25, -0.2) is 0 Å². The molecular weight excluding hydrogens is 386 g/mol. The van der Waals surface area contributed by atoms with Crippen LogP contribution in [0.4, 0.5) is 5.69 Å². The summed E-state index contributed by atoms with van der Waals surface area (Å²) in [6.07, 6.45) is -0.420. The number of ketones is 1. The molecule has 1 aliphatic heterocycles. The Morgan fingerprint density at radius 1 is 0.871 bits per heavy atom. The zero-order chi connectivity index (χ0) is 21.4. The van der Waals surface area contributed by atoms with Crippen LogP contribution in [0.3, 0.4) is 0 Å². The van der Waals surface area contributed by atoms with Crippen LogP contribution in [0.25, 0.3) is 10.8 Å². The molecule has 4 aromatic carbocycles. The number of hydroxylamine groups is 1. The molecule has 4 nitrogen and oxygen atoms in total. The minimum atomic E-state index is -0.564. The maximum Gasteiger partial charge on any atom is 0.282 e. The Morgan fingerprint density at radius 3 is 2.23 bits per heavy atom. The Bertz CT molecular complexity index is 1280. The highest BCUT2D eigenvalue weighted by atomic mass is 16.7. The number of amides is 1. The lowest BCUT2D eigenvalue weighted by Gasteiger charge is -2.33. The van der Waals surface area contributed by atoms with Crippen molar-refractivity contribution in [2.75, 3.05) is 5.06 Å². The highest BCUT2D eigenvalue weighted by Gasteiger charge is 2.35. The number of anilines is 1. The summed E-state index contributed by atoms with van der Waals surface area (Å²) in [6, 6.07) is 28.5. The second-order valence-corrected chi connectivity index (χ2v) is 7.81. The Morgan fingerprint density at radius 2 is 1.52 bits per heavy atom. The molecular formula is C27H21NO3. The summed E-state index contributed by atoms with van der Waals surface area (Å²) in [5, 5.41) is 3.31. The van der Waals surface area contributed by atoms with E-state index in [9.17, 15) is 9.59 Å². The lowest BCUT2D eigenvalue weighted by molar-refractivity contribution is 0.0148. The van der Waals surface area contributed by atoms with Gasteiger partial charge in [0.05, 0.1) is 5.69 Å². The van der Waals surface area contributed by atoms with Crippen LogP contribution >= 0.6 is 0 Å². The van der Waals surface area contributed by atoms with Gasteiger partial charge in [0.15, 0.2) is 5.78 Å². The maximum absolute atomic E-state index is 13.4. The van der Waals surface area contributed by atoms with Gasteiger partial charge in [-0.1, -0.05) is 72.3 Å². The fourth-order valence-electron chi connectivity index (χ4n) is 3.97. The third kappa shape index (κ3) is 3.62. The quantitative estimate of drug-likeness (QED) is 0.387. The maximum atomic E-state index is 13.4. The van der Waals surface area contributed by atoms with Gasteiger partial charge in [-0.3, -0.25) is 14.4 Å². The summed E-state index contributed by atoms with van der Waals surface area (Å²) in [5.74, 6) is -0.254. The number of Topliss-reactive ketones (excluding diaryl/α,β-unsaturated/α-hetero) is 1. The molecule has 0 spiro atoms. The van der Waals surface area contributed by atoms with Crippen LogP contribution < -0.4 is 5.06 Å². The number of hydrogen-bond acceptors (Lipinski definition) is 3. The molecule has 0 saturated carbocycles. The van der Waals surface area contributed by atoms with Crippen LogP contribution in [0.1, 0.15) is 44.4 Å². The van der Waals surface area contributed by atoms with Gasteiger partial charge >= 0.3 is 0 Å². The number of carbonyl (C=O) groups is 2. The summed E-state index contributed by atoms with van der Waals surface area (Å²) in [4.78, 5) is 32.5. The van der Waals surface area contributed by atoms with Crippen molar-refractivity contribution in [3.05, 3.63) is 113 Å². The zero-order valence-electron chi connectivity index (χ0n) is 17.1. The molecule has 152 valence electrons. The van der Waals surface area contributed by atoms with E-state index >= 15 is 0 Å². The molecule has 0 N–H and O–H groups in total. The number of aryl methyl sites for hydroxylation is 1. The van der Waals surface area contributed by atoms with Crippen LogP contribution in [0, 0.1) is 6.92 Å². The SMILES string of the molecule is Cc1ccc(N2OC(CC(=O)c3ccccc3)c3cc4ccccc4cc3C2=O)cc1. The van der Waals surface area contributed by atoms with Crippen molar-refractivity contribution in [1.82, 2.24) is 0 Å². The van der Waals surface area contributed by atoms with Crippen LogP contribution in [0.15, 0.2) is 91.0 Å². The molecule has 1 heterocycles. The Hall–Kier alpha value is -3.76. The molecule has 0 radical (unpaired) electrons. The first kappa shape index (κ1) is 19.2. The molecule has 1 atom stereocenters. The number of nitrogens with zero attached hydrogens (tertiary/aromatic N) is 1. The molecule has 1 unspecified atom stereocenters. The number of rotatable bonds is 4. The van der Waals surface area contributed by atoms with Gasteiger partial charge in [-0.2, -0.15) is 5.06 Å². The Balaban J connectivity index is 1.59. The van der Waals surface area contributed by atoms with E-state index in [4.69, 9.17) is 4.84 Å². The number of carbonyl (C=O) groups excluding carboxylic acids is 2. The zero-order valence-corrected chi connectivity index (χ0v) is 17.1. The second-order valence-electron chi connectivity index (χ2n) is 7.81. The molecule has 4 aromatic rings. The van der Waals surface area contributed by atoms with Crippen molar-refractivity contribution in [3.8, 4) is 0 Å². The first-order valence-electron chi connectivity index (χ1n) is 10.3. The third-order valence-electron chi connectivity index (χ3n) is 5.65. The molecule has 0 aliphatic carbocycles. The van der Waals surface area contributed by atoms with E-state index in [1.807, 2.05) is 85.8 Å². The van der Waals surface area contributed by atoms with Gasteiger partial charge in [-0.15, -0.1) is 0 Å². The number of fused-ring (bicyclic) bond motifs is 2. The molecule has 0 bridgehead atoms. The summed E-state index contributed by atoms with van der Waals surface area (Å²) in [7, 11) is 0. The monoisotopic (exact) mass is 407 g/mol. The molecule has 1 amide bonds. The summed E-state index contributed by atoms with van der Waals surface area (Å²) in [6.45, 7) is 1.99. The molecule has 5 rings (SSSR count). The van der Waals surface area contributed by atoms with Gasteiger partial charge in [0.25, 0.3) is 5.91 Å². The largest absolute Gasteiger partial charge is 0.294 e. The van der Waals surface area contributed by atoms with Gasteiger partial charge in [-0.05, 0) is 47.5 Å². The number of hydrogen-bond donors (Lipinski definition) is 0. The van der Waals surface area contributed by atoms with Crippen molar-refractivity contribution in [2.24, 2.45) is 0 Å². The average Bonchev–Trinajstić information content (AvgIpc) is 2.81. The van der Waals surface area contributed by atoms with E-state index in [-0.39, 0.29) is 18.1 Å². The normalized spacial score (nSPS) is 15.7. The standard InChI is InChI=1S/C27H21NO3/c1-18-11-13-22(14-12-18)28-27(30)24-16-21-10-6-5-9-20(21)15-23(24)26(31-28)17-25(29)19-7-3-2-4-8-19/h2-16,26H,17H2,1H3. The van der Waals surface area contributed by atoms with Crippen LogP contribution in [-0.4, -0.2) is 11.7 Å². The summed E-state index contributed by atoms with van der Waals surface area (Å²) >= 11 is 0. The third-order valence-corrected chi connectivity index (χ3v) is 5.65. The van der Waals surface area contributed by atoms with Gasteiger partial charge in [0, 0.05) is 17.5 Å². The molecule has 0 fully saturated rings. The van der Waals surface area contributed by atoms with E-state index in [1.165, 1.54) is 5.06 Å². The molecule has 4 heteroatoms. The highest BCUT2D eigenvalue weighted by molar-refractivity contribution is 6.09. The average molecular weight is 407 g/mol. The fourth-order valence-corrected chi connectivity index (χ4v) is 3.97. The predicted octanol–water partition coefficient (Wildman–Crippen LogP) is 6.05. The smallest absolute Gasteiger partial charge is 0.282 e. The van der Waals surface area contributed by atoms with Gasteiger partial charge < -0.3 is 0 Å². The first-order chi connectivity index (χ1) is 15.1. The van der Waals surface area contributed by atoms with Crippen LogP contribution in [0.2, 0.25) is 0 Å². The topological polar surface area (TPSA) is 46.6 Å². The van der Waals surface area contributed by atoms with Crippen molar-refractivity contribution in [3.63, 3.8) is 0 Å². The summed E-state index contributed by atoms with van der Waals surface area (Å²) in [5.41, 5.74) is 3.68. The molecule has 0 aromatic heterocycles. The van der Waals surface area contributed by atoms with Crippen molar-refractivity contribution in [2.45, 2.75) is 19.4 Å². The van der Waals surface area contributed by atoms with E-state index < -0.39 is 6.10 Å². The Kier molecular flexibility index (Phi) is 4.85. The van der Waals surface area contributed by atoms with Crippen molar-refractivity contribution in [1.29, 1.82) is 0 Å². The fraction of sp³-hybridized carbons (Fsp3) is 0.111. The lowest BCUT2D eigenvalue weighted by Crippen LogP contribution is -2.38. The lowest BCUT2D eigenvalue weighted by atomic mass is 9.92. The molecule has 0 saturated heterocycles. The van der Waals surface area contributed by atoms with E-state index in [0.29, 0.717) is 16.8 Å². The van der Waals surface area contributed by atoms with Crippen molar-refractivity contribution >= 4 is 28.2 Å². The summed E-state index contributed by atoms with van der Waals surface area (Å²) < 4.78 is 0. The van der Waals surface area contributed by atoms with Gasteiger partial charge in [0.1, 0.15) is 6.10 Å². The Labute approximate surface area is 180 Å². The van der Waals surface area contributed by atoms with Gasteiger partial charge in [0.2, 0.25) is 0 Å². The molecule has 1 aliphatic rings. The minimum absolute atomic E-state index is 0.0251. The van der Waals surface area contributed by atoms with E-state index in [0.717, 1.165) is 21.9 Å². The van der Waals surface area contributed by atoms with Crippen molar-refractivity contribution < 1.29 is 14.4 Å². The number of benzene rings is 4. The molecule has 31 heavy (non-hydrogen) atoms. The van der Waals surface area contributed by atoms with E-state index in [1.54, 1.807) is 12.1 Å². The van der Waals surface area contributed by atoms with Crippen LogP contribution in [-0.2, 0) is 4.84 Å².